The zero-order valence-electron chi connectivity index (χ0n) is 15.8. The summed E-state index contributed by atoms with van der Waals surface area (Å²) in [5, 5.41) is 7.96. The number of nitrogens with one attached hydrogen (secondary N) is 1. The molecule has 4 aromatic rings. The van der Waals surface area contributed by atoms with Crippen molar-refractivity contribution in [2.45, 2.75) is 13.2 Å². The number of rotatable bonds is 6. The molecule has 0 atom stereocenters. The van der Waals surface area contributed by atoms with Crippen molar-refractivity contribution in [2.24, 2.45) is 0 Å². The Kier molecular flexibility index (Phi) is 6.60. The first kappa shape index (κ1) is 21.1. The fourth-order valence-corrected chi connectivity index (χ4v) is 4.13. The Labute approximate surface area is 195 Å². The summed E-state index contributed by atoms with van der Waals surface area (Å²) in [6, 6.07) is 22.9. The number of fused-ring (bicyclic) bond motifs is 1. The van der Waals surface area contributed by atoms with E-state index in [2.05, 4.69) is 17.4 Å². The summed E-state index contributed by atoms with van der Waals surface area (Å²) in [7, 11) is 0. The fraction of sp³-hybridized carbons (Fsp3) is 0.0833. The molecule has 0 aromatic heterocycles. The van der Waals surface area contributed by atoms with Crippen LogP contribution in [0.2, 0.25) is 20.1 Å². The lowest BCUT2D eigenvalue weighted by atomic mass is 10.0. The third-order valence-corrected chi connectivity index (χ3v) is 6.09. The summed E-state index contributed by atoms with van der Waals surface area (Å²) < 4.78 is 6.17. The molecule has 6 heteroatoms. The van der Waals surface area contributed by atoms with Crippen LogP contribution in [0.25, 0.3) is 10.8 Å². The molecule has 0 heterocycles. The van der Waals surface area contributed by atoms with Gasteiger partial charge >= 0.3 is 0 Å². The van der Waals surface area contributed by atoms with Gasteiger partial charge < -0.3 is 10.1 Å². The minimum atomic E-state index is 0.266. The molecule has 4 rings (SSSR count). The average Bonchev–Trinajstić information content (AvgIpc) is 2.74. The number of benzene rings is 4. The van der Waals surface area contributed by atoms with E-state index in [9.17, 15) is 0 Å². The largest absolute Gasteiger partial charge is 0.488 e. The van der Waals surface area contributed by atoms with Crippen LogP contribution >= 0.6 is 46.4 Å². The highest BCUT2D eigenvalue weighted by atomic mass is 35.5. The summed E-state index contributed by atoms with van der Waals surface area (Å²) in [6.07, 6.45) is 0. The Morgan fingerprint density at radius 1 is 0.700 bits per heavy atom. The molecule has 0 spiro atoms. The first-order valence-corrected chi connectivity index (χ1v) is 10.8. The van der Waals surface area contributed by atoms with E-state index >= 15 is 0 Å². The summed E-state index contributed by atoms with van der Waals surface area (Å²) >= 11 is 25.0. The van der Waals surface area contributed by atoms with Gasteiger partial charge in [0.15, 0.2) is 0 Å². The molecule has 4 aromatic carbocycles. The average molecular weight is 477 g/mol. The number of halogens is 4. The molecule has 0 aliphatic rings. The molecule has 0 unspecified atom stereocenters. The Morgan fingerprint density at radius 2 is 1.47 bits per heavy atom. The van der Waals surface area contributed by atoms with Crippen LogP contribution in [0, 0.1) is 0 Å². The molecule has 0 saturated carbocycles. The number of hydrogen-bond acceptors (Lipinski definition) is 2. The van der Waals surface area contributed by atoms with E-state index < -0.39 is 0 Å². The molecule has 0 aliphatic carbocycles. The maximum absolute atomic E-state index is 6.31. The normalized spacial score (nSPS) is 10.9. The van der Waals surface area contributed by atoms with Crippen molar-refractivity contribution in [3.05, 3.63) is 104 Å². The maximum Gasteiger partial charge on any atom is 0.125 e. The standard InChI is InChI=1S/C24H17Cl4NO/c25-16-9-10-22(28)23(12-16)29-13-18-17-5-2-1-4-15(17)8-11-24(18)30-14-19-20(26)6-3-7-21(19)27/h1-12,29H,13-14H2. The summed E-state index contributed by atoms with van der Waals surface area (Å²) in [5.74, 6) is 0.746. The van der Waals surface area contributed by atoms with Crippen LogP contribution in [0.1, 0.15) is 11.1 Å². The Hall–Kier alpha value is -2.10. The fourth-order valence-electron chi connectivity index (χ4n) is 3.27. The van der Waals surface area contributed by atoms with Gasteiger partial charge in [0.2, 0.25) is 0 Å². The highest BCUT2D eigenvalue weighted by Crippen LogP contribution is 2.33. The first-order chi connectivity index (χ1) is 14.5. The van der Waals surface area contributed by atoms with Crippen LogP contribution in [-0.4, -0.2) is 0 Å². The molecule has 1 N–H and O–H groups in total. The van der Waals surface area contributed by atoms with E-state index in [1.54, 1.807) is 30.3 Å². The van der Waals surface area contributed by atoms with Crippen LogP contribution in [0.15, 0.2) is 72.8 Å². The SMILES string of the molecule is Clc1ccc(Cl)c(NCc2c(OCc3c(Cl)cccc3Cl)ccc3ccccc23)c1. The lowest BCUT2D eigenvalue weighted by Gasteiger charge is -2.17. The highest BCUT2D eigenvalue weighted by Gasteiger charge is 2.12. The van der Waals surface area contributed by atoms with E-state index in [1.807, 2.05) is 30.3 Å². The molecule has 0 amide bonds. The van der Waals surface area contributed by atoms with Gasteiger partial charge in [0, 0.05) is 32.7 Å². The van der Waals surface area contributed by atoms with Crippen molar-refractivity contribution in [1.82, 2.24) is 0 Å². The smallest absolute Gasteiger partial charge is 0.125 e. The Morgan fingerprint density at radius 3 is 2.27 bits per heavy atom. The summed E-state index contributed by atoms with van der Waals surface area (Å²) in [4.78, 5) is 0. The lowest BCUT2D eigenvalue weighted by Crippen LogP contribution is -2.05. The van der Waals surface area contributed by atoms with E-state index in [0.717, 1.165) is 33.3 Å². The quantitative estimate of drug-likeness (QED) is 0.300. The van der Waals surface area contributed by atoms with Gasteiger partial charge in [-0.3, -0.25) is 0 Å². The van der Waals surface area contributed by atoms with Crippen molar-refractivity contribution in [2.75, 3.05) is 5.32 Å². The van der Waals surface area contributed by atoms with Crippen LogP contribution in [0.4, 0.5) is 5.69 Å². The molecule has 0 bridgehead atoms. The van der Waals surface area contributed by atoms with Crippen LogP contribution in [0.3, 0.4) is 0 Å². The van der Waals surface area contributed by atoms with Gasteiger partial charge in [-0.1, -0.05) is 82.8 Å². The molecule has 0 fully saturated rings. The van der Waals surface area contributed by atoms with Crippen molar-refractivity contribution < 1.29 is 4.74 Å². The van der Waals surface area contributed by atoms with Crippen LogP contribution in [-0.2, 0) is 13.2 Å². The highest BCUT2D eigenvalue weighted by molar-refractivity contribution is 6.36. The molecular formula is C24H17Cl4NO. The molecule has 30 heavy (non-hydrogen) atoms. The van der Waals surface area contributed by atoms with Crippen LogP contribution in [0.5, 0.6) is 5.75 Å². The second-order valence-corrected chi connectivity index (χ2v) is 8.39. The minimum absolute atomic E-state index is 0.266. The molecule has 152 valence electrons. The third-order valence-electron chi connectivity index (χ3n) is 4.82. The van der Waals surface area contributed by atoms with Gasteiger partial charge in [0.25, 0.3) is 0 Å². The second kappa shape index (κ2) is 9.36. The van der Waals surface area contributed by atoms with Crippen molar-refractivity contribution >= 4 is 62.9 Å². The molecule has 0 saturated heterocycles. The van der Waals surface area contributed by atoms with Gasteiger partial charge in [0.05, 0.1) is 10.7 Å². The first-order valence-electron chi connectivity index (χ1n) is 9.28. The van der Waals surface area contributed by atoms with Gasteiger partial charge in [-0.2, -0.15) is 0 Å². The number of anilines is 1. The molecule has 2 nitrogen and oxygen atoms in total. The zero-order valence-corrected chi connectivity index (χ0v) is 18.8. The van der Waals surface area contributed by atoms with Crippen molar-refractivity contribution in [3.63, 3.8) is 0 Å². The van der Waals surface area contributed by atoms with Crippen molar-refractivity contribution in [1.29, 1.82) is 0 Å². The zero-order chi connectivity index (χ0) is 21.1. The monoisotopic (exact) mass is 475 g/mol. The molecule has 0 radical (unpaired) electrons. The maximum atomic E-state index is 6.31. The topological polar surface area (TPSA) is 21.3 Å². The number of ether oxygens (including phenoxy) is 1. The Balaban J connectivity index is 1.67. The van der Waals surface area contributed by atoms with Gasteiger partial charge in [0.1, 0.15) is 12.4 Å². The predicted octanol–water partition coefficient (Wildman–Crippen LogP) is 8.64. The van der Waals surface area contributed by atoms with E-state index in [4.69, 9.17) is 51.1 Å². The van der Waals surface area contributed by atoms with Gasteiger partial charge in [-0.25, -0.2) is 0 Å². The minimum Gasteiger partial charge on any atom is -0.488 e. The molecular weight excluding hydrogens is 460 g/mol. The van der Waals surface area contributed by atoms with E-state index in [0.29, 0.717) is 26.6 Å². The third kappa shape index (κ3) is 4.63. The number of hydrogen-bond donors (Lipinski definition) is 1. The summed E-state index contributed by atoms with van der Waals surface area (Å²) in [5.41, 5.74) is 2.52. The van der Waals surface area contributed by atoms with Crippen LogP contribution < -0.4 is 10.1 Å². The summed E-state index contributed by atoms with van der Waals surface area (Å²) in [6.45, 7) is 0.773. The van der Waals surface area contributed by atoms with E-state index in [-0.39, 0.29) is 6.61 Å². The lowest BCUT2D eigenvalue weighted by molar-refractivity contribution is 0.304. The Bertz CT molecular complexity index is 1190. The molecule has 0 aliphatic heterocycles. The van der Waals surface area contributed by atoms with Gasteiger partial charge in [-0.05, 0) is 47.2 Å². The van der Waals surface area contributed by atoms with Gasteiger partial charge in [-0.15, -0.1) is 0 Å². The van der Waals surface area contributed by atoms with Crippen molar-refractivity contribution in [3.8, 4) is 5.75 Å². The second-order valence-electron chi connectivity index (χ2n) is 6.73. The predicted molar refractivity (Wildman–Crippen MR) is 129 cm³/mol. The van der Waals surface area contributed by atoms with E-state index in [1.165, 1.54) is 0 Å².